The molecule has 4 rings (SSSR count). The Balaban J connectivity index is 1.46. The molecule has 1 aliphatic heterocycles. The van der Waals surface area contributed by atoms with Crippen LogP contribution in [0.3, 0.4) is 0 Å². The summed E-state index contributed by atoms with van der Waals surface area (Å²) < 4.78 is 12.5. The van der Waals surface area contributed by atoms with Gasteiger partial charge in [0.1, 0.15) is 29.5 Å². The quantitative estimate of drug-likeness (QED) is 0.300. The molecule has 0 spiro atoms. The number of pyridine rings is 1. The van der Waals surface area contributed by atoms with Crippen LogP contribution in [0.25, 0.3) is 0 Å². The summed E-state index contributed by atoms with van der Waals surface area (Å²) in [6.45, 7) is 20.3. The number of ether oxygens (including phenoxy) is 2. The van der Waals surface area contributed by atoms with Crippen LogP contribution in [0.4, 0.5) is 5.69 Å². The molecule has 0 aliphatic carbocycles. The summed E-state index contributed by atoms with van der Waals surface area (Å²) in [5.41, 5.74) is 4.99. The fraction of sp³-hybridized carbons (Fsp3) is 0.471. The van der Waals surface area contributed by atoms with Crippen LogP contribution in [0.2, 0.25) is 0 Å². The predicted octanol–water partition coefficient (Wildman–Crippen LogP) is 7.43. The highest BCUT2D eigenvalue weighted by molar-refractivity contribution is 6.04. The predicted molar refractivity (Wildman–Crippen MR) is 163 cm³/mol. The van der Waals surface area contributed by atoms with Crippen molar-refractivity contribution in [3.05, 3.63) is 69.4 Å². The molecule has 2 heterocycles. The molecule has 0 saturated carbocycles. The number of anilines is 1. The van der Waals surface area contributed by atoms with Crippen molar-refractivity contribution in [3.63, 3.8) is 0 Å². The third kappa shape index (κ3) is 6.14. The van der Waals surface area contributed by atoms with Crippen molar-refractivity contribution >= 4 is 11.6 Å². The van der Waals surface area contributed by atoms with Gasteiger partial charge in [-0.25, -0.2) is 4.98 Å². The van der Waals surface area contributed by atoms with Gasteiger partial charge >= 0.3 is 0 Å². The Morgan fingerprint density at radius 3 is 2.12 bits per heavy atom. The van der Waals surface area contributed by atoms with E-state index in [0.717, 1.165) is 52.0 Å². The van der Waals surface area contributed by atoms with Gasteiger partial charge in [0.15, 0.2) is 0 Å². The van der Waals surface area contributed by atoms with E-state index in [4.69, 9.17) is 9.47 Å². The van der Waals surface area contributed by atoms with Gasteiger partial charge in [-0.15, -0.1) is 0 Å². The Morgan fingerprint density at radius 1 is 0.976 bits per heavy atom. The average Bonchev–Trinajstić information content (AvgIpc) is 2.89. The number of hydrogen-bond donors (Lipinski definition) is 3. The van der Waals surface area contributed by atoms with Crippen LogP contribution in [0.1, 0.15) is 98.6 Å². The van der Waals surface area contributed by atoms with Crippen molar-refractivity contribution in [1.29, 1.82) is 0 Å². The Hall–Kier alpha value is -3.74. The molecule has 41 heavy (non-hydrogen) atoms. The molecule has 3 aromatic rings. The summed E-state index contributed by atoms with van der Waals surface area (Å²) in [7, 11) is 0. The highest BCUT2D eigenvalue weighted by atomic mass is 16.5. The standard InChI is InChI=1S/C34H44N2O5/c1-19-20(2)30-24(21(3)28(19)37)13-14-34(10,41-30)18-40-27-12-11-23(17-35-27)36-31(39)22-15-25(32(4,5)6)29(38)26(16-22)33(7,8)9/h11-12,15-17,37-38H,13-14,18H2,1-10H3,(H,36,39). The van der Waals surface area contributed by atoms with E-state index in [0.29, 0.717) is 29.5 Å². The second kappa shape index (κ2) is 10.6. The SMILES string of the molecule is Cc1c(C)c2c(c(C)c1O)CCC(C)(COc1ccc(NC(=O)c3cc(C(C)(C)C)c(O)c(C(C)(C)C)c3)cn1)O2. The van der Waals surface area contributed by atoms with Gasteiger partial charge in [-0.1, -0.05) is 41.5 Å². The van der Waals surface area contributed by atoms with E-state index in [1.807, 2.05) is 69.2 Å². The van der Waals surface area contributed by atoms with Gasteiger partial charge in [0, 0.05) is 28.3 Å². The molecule has 1 unspecified atom stereocenters. The molecule has 0 saturated heterocycles. The molecule has 1 aromatic heterocycles. The van der Waals surface area contributed by atoms with Gasteiger partial charge in [-0.2, -0.15) is 0 Å². The second-order valence-corrected chi connectivity index (χ2v) is 13.6. The zero-order chi connectivity index (χ0) is 30.5. The lowest BCUT2D eigenvalue weighted by Gasteiger charge is -2.37. The van der Waals surface area contributed by atoms with E-state index in [9.17, 15) is 15.0 Å². The summed E-state index contributed by atoms with van der Waals surface area (Å²) in [4.78, 5) is 17.7. The third-order valence-electron chi connectivity index (χ3n) is 8.10. The summed E-state index contributed by atoms with van der Waals surface area (Å²) in [5.74, 6) is 1.58. The normalized spacial score (nSPS) is 17.0. The van der Waals surface area contributed by atoms with Crippen LogP contribution in [0.5, 0.6) is 23.1 Å². The molecule has 0 radical (unpaired) electrons. The highest BCUT2D eigenvalue weighted by Crippen LogP contribution is 2.43. The number of carbonyl (C=O) groups is 1. The number of amides is 1. The molecule has 1 atom stereocenters. The molecular formula is C34H44N2O5. The van der Waals surface area contributed by atoms with E-state index < -0.39 is 5.60 Å². The first-order valence-electron chi connectivity index (χ1n) is 14.2. The number of phenolic OH excluding ortho intramolecular Hbond substituents is 2. The molecule has 2 aromatic carbocycles. The van der Waals surface area contributed by atoms with Gasteiger partial charge in [0.2, 0.25) is 5.88 Å². The van der Waals surface area contributed by atoms with Gasteiger partial charge in [-0.3, -0.25) is 4.79 Å². The number of nitrogens with one attached hydrogen (secondary N) is 1. The number of phenols is 2. The maximum Gasteiger partial charge on any atom is 0.255 e. The molecule has 1 aliphatic rings. The van der Waals surface area contributed by atoms with Crippen LogP contribution in [-0.4, -0.2) is 33.3 Å². The molecule has 220 valence electrons. The number of fused-ring (bicyclic) bond motifs is 1. The van der Waals surface area contributed by atoms with Crippen LogP contribution in [0, 0.1) is 20.8 Å². The molecule has 0 bridgehead atoms. The van der Waals surface area contributed by atoms with E-state index in [2.05, 4.69) is 10.3 Å². The Labute approximate surface area is 243 Å². The van der Waals surface area contributed by atoms with Crippen molar-refractivity contribution < 1.29 is 24.5 Å². The van der Waals surface area contributed by atoms with Crippen molar-refractivity contribution in [2.24, 2.45) is 0 Å². The first-order chi connectivity index (χ1) is 18.9. The maximum absolute atomic E-state index is 13.3. The third-order valence-corrected chi connectivity index (χ3v) is 8.10. The van der Waals surface area contributed by atoms with Crippen molar-refractivity contribution in [2.75, 3.05) is 11.9 Å². The Kier molecular flexibility index (Phi) is 7.80. The monoisotopic (exact) mass is 560 g/mol. The molecule has 0 fully saturated rings. The van der Waals surface area contributed by atoms with Gasteiger partial charge in [-0.05, 0) is 86.3 Å². The minimum Gasteiger partial charge on any atom is -0.507 e. The first-order valence-corrected chi connectivity index (χ1v) is 14.2. The number of aromatic hydroxyl groups is 2. The lowest BCUT2D eigenvalue weighted by atomic mass is 9.78. The molecular weight excluding hydrogens is 516 g/mol. The second-order valence-electron chi connectivity index (χ2n) is 13.6. The van der Waals surface area contributed by atoms with E-state index in [1.165, 1.54) is 0 Å². The molecule has 7 heteroatoms. The van der Waals surface area contributed by atoms with Gasteiger partial charge < -0.3 is 25.0 Å². The number of carbonyl (C=O) groups excluding carboxylic acids is 1. The highest BCUT2D eigenvalue weighted by Gasteiger charge is 2.35. The number of rotatable bonds is 5. The zero-order valence-corrected chi connectivity index (χ0v) is 26.1. The lowest BCUT2D eigenvalue weighted by molar-refractivity contribution is 0.0152. The summed E-state index contributed by atoms with van der Waals surface area (Å²) in [6.07, 6.45) is 3.11. The summed E-state index contributed by atoms with van der Waals surface area (Å²) in [6, 6.07) is 7.01. The Morgan fingerprint density at radius 2 is 1.59 bits per heavy atom. The van der Waals surface area contributed by atoms with Gasteiger partial charge in [0.25, 0.3) is 5.91 Å². The maximum atomic E-state index is 13.3. The summed E-state index contributed by atoms with van der Waals surface area (Å²) in [5, 5.41) is 24.3. The van der Waals surface area contributed by atoms with E-state index in [-0.39, 0.29) is 22.5 Å². The minimum absolute atomic E-state index is 0.238. The zero-order valence-electron chi connectivity index (χ0n) is 26.1. The smallest absolute Gasteiger partial charge is 0.255 e. The molecule has 7 nitrogen and oxygen atoms in total. The van der Waals surface area contributed by atoms with Crippen LogP contribution in [0.15, 0.2) is 30.5 Å². The largest absolute Gasteiger partial charge is 0.507 e. The average molecular weight is 561 g/mol. The van der Waals surface area contributed by atoms with Crippen molar-refractivity contribution in [2.45, 2.75) is 98.5 Å². The molecule has 3 N–H and O–H groups in total. The number of hydrogen-bond acceptors (Lipinski definition) is 6. The van der Waals surface area contributed by atoms with Crippen LogP contribution in [-0.2, 0) is 17.3 Å². The number of nitrogens with zero attached hydrogens (tertiary/aromatic N) is 1. The van der Waals surface area contributed by atoms with Crippen LogP contribution >= 0.6 is 0 Å². The lowest BCUT2D eigenvalue weighted by Crippen LogP contribution is -2.42. The fourth-order valence-corrected chi connectivity index (χ4v) is 5.27. The summed E-state index contributed by atoms with van der Waals surface area (Å²) >= 11 is 0. The Bertz CT molecular complexity index is 1440. The van der Waals surface area contributed by atoms with Crippen molar-refractivity contribution in [3.8, 4) is 23.1 Å². The van der Waals surface area contributed by atoms with Gasteiger partial charge in [0.05, 0.1) is 11.9 Å². The minimum atomic E-state index is -0.545. The van der Waals surface area contributed by atoms with Crippen LogP contribution < -0.4 is 14.8 Å². The van der Waals surface area contributed by atoms with E-state index >= 15 is 0 Å². The molecule has 1 amide bonds. The van der Waals surface area contributed by atoms with E-state index in [1.54, 1.807) is 30.5 Å². The first kappa shape index (κ1) is 30.2. The number of benzene rings is 2. The fourth-order valence-electron chi connectivity index (χ4n) is 5.27. The topological polar surface area (TPSA) is 101 Å². The number of aromatic nitrogens is 1. The van der Waals surface area contributed by atoms with Crippen molar-refractivity contribution in [1.82, 2.24) is 4.98 Å².